The summed E-state index contributed by atoms with van der Waals surface area (Å²) in [5, 5.41) is 15.0. The van der Waals surface area contributed by atoms with Crippen molar-refractivity contribution in [3.05, 3.63) is 88.6 Å². The summed E-state index contributed by atoms with van der Waals surface area (Å²) in [6, 6.07) is 18.6. The van der Waals surface area contributed by atoms with Gasteiger partial charge in [-0.25, -0.2) is 4.98 Å². The summed E-state index contributed by atoms with van der Waals surface area (Å²) in [7, 11) is 0. The number of nitrogens with zero attached hydrogens (tertiary/aromatic N) is 2. The third-order valence-electron chi connectivity index (χ3n) is 5.18. The summed E-state index contributed by atoms with van der Waals surface area (Å²) in [5.41, 5.74) is 3.18. The van der Waals surface area contributed by atoms with Crippen LogP contribution in [0.2, 0.25) is 5.02 Å². The number of aromatic nitrogens is 1. The van der Waals surface area contributed by atoms with Crippen molar-refractivity contribution in [2.24, 2.45) is 0 Å². The van der Waals surface area contributed by atoms with E-state index < -0.39 is 0 Å². The third-order valence-corrected chi connectivity index (χ3v) is 5.40. The molecular formula is C24H24ClN5O2. The van der Waals surface area contributed by atoms with Crippen LogP contribution in [0.15, 0.2) is 66.9 Å². The standard InChI is InChI=1S/C24H24ClN5O2/c25-19-9-10-22(28-16-19)29-24(31)20-3-1-2-4-21(20)27-15-17-5-7-18(8-6-17)23(26)30-11-13-32-14-12-30/h1-10,16,26-27H,11-15H2,(H,28,29,31). The molecule has 8 heteroatoms. The lowest BCUT2D eigenvalue weighted by Crippen LogP contribution is -2.40. The molecule has 32 heavy (non-hydrogen) atoms. The molecule has 2 heterocycles. The number of benzene rings is 2. The van der Waals surface area contributed by atoms with Gasteiger partial charge in [-0.3, -0.25) is 10.2 Å². The number of nitrogens with one attached hydrogen (secondary N) is 3. The molecule has 1 fully saturated rings. The van der Waals surface area contributed by atoms with Crippen LogP contribution in [0.25, 0.3) is 0 Å². The van der Waals surface area contributed by atoms with Crippen LogP contribution in [0.1, 0.15) is 21.5 Å². The van der Waals surface area contributed by atoms with Gasteiger partial charge in [0.2, 0.25) is 0 Å². The number of carbonyl (C=O) groups is 1. The van der Waals surface area contributed by atoms with E-state index in [4.69, 9.17) is 21.7 Å². The molecule has 0 spiro atoms. The number of rotatable bonds is 6. The highest BCUT2D eigenvalue weighted by Crippen LogP contribution is 2.19. The van der Waals surface area contributed by atoms with Crippen molar-refractivity contribution in [1.82, 2.24) is 9.88 Å². The Morgan fingerprint density at radius 1 is 1.06 bits per heavy atom. The first-order chi connectivity index (χ1) is 15.6. The summed E-state index contributed by atoms with van der Waals surface area (Å²) < 4.78 is 5.36. The zero-order chi connectivity index (χ0) is 22.3. The molecule has 1 aliphatic rings. The average Bonchev–Trinajstić information content (AvgIpc) is 2.85. The van der Waals surface area contributed by atoms with E-state index in [1.54, 1.807) is 18.2 Å². The number of amidine groups is 1. The van der Waals surface area contributed by atoms with Gasteiger partial charge in [-0.2, -0.15) is 0 Å². The predicted octanol–water partition coefficient (Wildman–Crippen LogP) is 4.26. The highest BCUT2D eigenvalue weighted by Gasteiger charge is 2.15. The fourth-order valence-corrected chi connectivity index (χ4v) is 3.53. The molecule has 3 N–H and O–H groups in total. The topological polar surface area (TPSA) is 90.3 Å². The molecule has 1 saturated heterocycles. The second-order valence-electron chi connectivity index (χ2n) is 7.36. The first-order valence-electron chi connectivity index (χ1n) is 10.4. The van der Waals surface area contributed by atoms with Crippen molar-refractivity contribution in [3.63, 3.8) is 0 Å². The number of hydrogen-bond donors (Lipinski definition) is 3. The van der Waals surface area contributed by atoms with Gasteiger partial charge in [-0.05, 0) is 29.8 Å². The van der Waals surface area contributed by atoms with E-state index in [1.807, 2.05) is 47.4 Å². The van der Waals surface area contributed by atoms with Crippen LogP contribution >= 0.6 is 11.6 Å². The normalized spacial score (nSPS) is 13.5. The highest BCUT2D eigenvalue weighted by atomic mass is 35.5. The maximum absolute atomic E-state index is 12.7. The van der Waals surface area contributed by atoms with Gasteiger partial charge in [0.05, 0.1) is 23.8 Å². The van der Waals surface area contributed by atoms with Gasteiger partial charge in [0, 0.05) is 37.1 Å². The fourth-order valence-electron chi connectivity index (χ4n) is 3.42. The first-order valence-corrected chi connectivity index (χ1v) is 10.7. The predicted molar refractivity (Wildman–Crippen MR) is 127 cm³/mol. The summed E-state index contributed by atoms with van der Waals surface area (Å²) in [5.74, 6) is 0.704. The summed E-state index contributed by atoms with van der Waals surface area (Å²) >= 11 is 5.85. The number of ether oxygens (including phenoxy) is 1. The maximum atomic E-state index is 12.7. The van der Waals surface area contributed by atoms with Crippen molar-refractivity contribution in [3.8, 4) is 0 Å². The van der Waals surface area contributed by atoms with E-state index in [9.17, 15) is 4.79 Å². The largest absolute Gasteiger partial charge is 0.380 e. The third kappa shape index (κ3) is 5.43. The Morgan fingerprint density at radius 2 is 1.81 bits per heavy atom. The van der Waals surface area contributed by atoms with Gasteiger partial charge in [-0.1, -0.05) is 48.0 Å². The van der Waals surface area contributed by atoms with Gasteiger partial charge in [0.15, 0.2) is 0 Å². The molecule has 1 aliphatic heterocycles. The van der Waals surface area contributed by atoms with Crippen LogP contribution in [-0.2, 0) is 11.3 Å². The van der Waals surface area contributed by atoms with Crippen LogP contribution in [-0.4, -0.2) is 47.9 Å². The number of morpholine rings is 1. The molecule has 7 nitrogen and oxygen atoms in total. The molecule has 1 amide bonds. The van der Waals surface area contributed by atoms with E-state index in [0.29, 0.717) is 42.0 Å². The zero-order valence-electron chi connectivity index (χ0n) is 17.5. The second-order valence-corrected chi connectivity index (χ2v) is 7.80. The van der Waals surface area contributed by atoms with Gasteiger partial charge < -0.3 is 20.3 Å². The van der Waals surface area contributed by atoms with Crippen LogP contribution < -0.4 is 10.6 Å². The molecule has 0 bridgehead atoms. The van der Waals surface area contributed by atoms with Gasteiger partial charge in [0.1, 0.15) is 11.7 Å². The molecule has 0 atom stereocenters. The minimum atomic E-state index is -0.253. The number of hydrogen-bond acceptors (Lipinski definition) is 5. The monoisotopic (exact) mass is 449 g/mol. The number of pyridine rings is 1. The van der Waals surface area contributed by atoms with Gasteiger partial charge >= 0.3 is 0 Å². The second kappa shape index (κ2) is 10.3. The lowest BCUT2D eigenvalue weighted by atomic mass is 10.1. The van der Waals surface area contributed by atoms with Crippen molar-refractivity contribution < 1.29 is 9.53 Å². The molecule has 2 aromatic carbocycles. The summed E-state index contributed by atoms with van der Waals surface area (Å²) in [6.07, 6.45) is 1.49. The zero-order valence-corrected chi connectivity index (χ0v) is 18.2. The van der Waals surface area contributed by atoms with Crippen LogP contribution in [0.3, 0.4) is 0 Å². The quantitative estimate of drug-likeness (QED) is 0.386. The van der Waals surface area contributed by atoms with E-state index in [0.717, 1.165) is 29.9 Å². The van der Waals surface area contributed by atoms with Crippen LogP contribution in [0.4, 0.5) is 11.5 Å². The van der Waals surface area contributed by atoms with E-state index >= 15 is 0 Å². The lowest BCUT2D eigenvalue weighted by Gasteiger charge is -2.29. The van der Waals surface area contributed by atoms with Gasteiger partial charge in [0.25, 0.3) is 5.91 Å². The van der Waals surface area contributed by atoms with Crippen LogP contribution in [0.5, 0.6) is 0 Å². The molecule has 0 aliphatic carbocycles. The first kappa shape index (κ1) is 21.8. The Balaban J connectivity index is 1.39. The van der Waals surface area contributed by atoms with Crippen molar-refractivity contribution >= 4 is 34.8 Å². The SMILES string of the molecule is N=C(c1ccc(CNc2ccccc2C(=O)Nc2ccc(Cl)cn2)cc1)N1CCOCC1. The van der Waals surface area contributed by atoms with E-state index in [1.165, 1.54) is 6.20 Å². The van der Waals surface area contributed by atoms with Crippen molar-refractivity contribution in [1.29, 1.82) is 5.41 Å². The molecule has 0 saturated carbocycles. The lowest BCUT2D eigenvalue weighted by molar-refractivity contribution is 0.0680. The molecule has 1 aromatic heterocycles. The smallest absolute Gasteiger partial charge is 0.258 e. The molecule has 164 valence electrons. The minimum Gasteiger partial charge on any atom is -0.380 e. The fraction of sp³-hybridized carbons (Fsp3) is 0.208. The molecule has 4 rings (SSSR count). The maximum Gasteiger partial charge on any atom is 0.258 e. The van der Waals surface area contributed by atoms with E-state index in [-0.39, 0.29) is 5.91 Å². The number of anilines is 2. The number of halogens is 1. The Morgan fingerprint density at radius 3 is 2.53 bits per heavy atom. The molecule has 0 unspecified atom stereocenters. The summed E-state index contributed by atoms with van der Waals surface area (Å²) in [6.45, 7) is 3.35. The van der Waals surface area contributed by atoms with Crippen molar-refractivity contribution in [2.45, 2.75) is 6.54 Å². The van der Waals surface area contributed by atoms with Crippen molar-refractivity contribution in [2.75, 3.05) is 36.9 Å². The van der Waals surface area contributed by atoms with E-state index in [2.05, 4.69) is 15.6 Å². The molecule has 0 radical (unpaired) electrons. The molecule has 3 aromatic rings. The number of carbonyl (C=O) groups excluding carboxylic acids is 1. The Labute approximate surface area is 191 Å². The Hall–Kier alpha value is -3.42. The number of para-hydroxylation sites is 1. The van der Waals surface area contributed by atoms with Gasteiger partial charge in [-0.15, -0.1) is 0 Å². The number of amides is 1. The highest BCUT2D eigenvalue weighted by molar-refractivity contribution is 6.30. The minimum absolute atomic E-state index is 0.253. The molecular weight excluding hydrogens is 426 g/mol. The summed E-state index contributed by atoms with van der Waals surface area (Å²) in [4.78, 5) is 18.9. The average molecular weight is 450 g/mol. The Bertz CT molecular complexity index is 1080. The Kier molecular flexibility index (Phi) is 6.99. The van der Waals surface area contributed by atoms with Crippen LogP contribution in [0, 0.1) is 5.41 Å².